The largest absolute Gasteiger partial charge is 0.469 e. The molecule has 0 N–H and O–H groups in total. The van der Waals surface area contributed by atoms with E-state index in [9.17, 15) is 4.79 Å². The molecule has 1 atom stereocenters. The zero-order valence-electron chi connectivity index (χ0n) is 8.87. The maximum atomic E-state index is 10.9. The predicted octanol–water partition coefficient (Wildman–Crippen LogP) is 0.516. The van der Waals surface area contributed by atoms with E-state index in [0.29, 0.717) is 13.0 Å². The molecule has 0 spiro atoms. The normalized spacial score (nSPS) is 13.0. The number of carbonyl (C=O) groups is 1. The fourth-order valence-corrected chi connectivity index (χ4v) is 0.936. The van der Waals surface area contributed by atoms with Crippen molar-refractivity contribution in [1.82, 2.24) is 4.90 Å². The van der Waals surface area contributed by atoms with Gasteiger partial charge in [0, 0.05) is 19.7 Å². The molecule has 0 amide bonds. The van der Waals surface area contributed by atoms with Crippen LogP contribution in [0.4, 0.5) is 0 Å². The first kappa shape index (κ1) is 12.4. The lowest BCUT2D eigenvalue weighted by Crippen LogP contribution is -2.33. The fourth-order valence-electron chi connectivity index (χ4n) is 0.936. The van der Waals surface area contributed by atoms with E-state index < -0.39 is 0 Å². The number of hydrogen-bond donors (Lipinski definition) is 0. The molecule has 1 unspecified atom stereocenters. The summed E-state index contributed by atoms with van der Waals surface area (Å²) in [6.07, 6.45) is 0.427. The van der Waals surface area contributed by atoms with Gasteiger partial charge in [0.25, 0.3) is 0 Å². The molecule has 78 valence electrons. The number of nitrogens with zero attached hydrogens (tertiary/aromatic N) is 1. The molecule has 0 aliphatic carbocycles. The monoisotopic (exact) mass is 189 g/mol. The second-order valence-corrected chi connectivity index (χ2v) is 3.10. The number of ether oxygens (including phenoxy) is 2. The first-order valence-corrected chi connectivity index (χ1v) is 4.37. The van der Waals surface area contributed by atoms with Crippen molar-refractivity contribution in [3.63, 3.8) is 0 Å². The van der Waals surface area contributed by atoms with E-state index in [4.69, 9.17) is 4.74 Å². The van der Waals surface area contributed by atoms with Crippen molar-refractivity contribution in [3.05, 3.63) is 0 Å². The highest BCUT2D eigenvalue weighted by Crippen LogP contribution is 2.01. The molecule has 0 bridgehead atoms. The predicted molar refractivity (Wildman–Crippen MR) is 50.6 cm³/mol. The van der Waals surface area contributed by atoms with Crippen LogP contribution >= 0.6 is 0 Å². The third-order valence-electron chi connectivity index (χ3n) is 2.09. The molecule has 0 aromatic heterocycles. The maximum absolute atomic E-state index is 10.9. The lowest BCUT2D eigenvalue weighted by molar-refractivity contribution is -0.141. The van der Waals surface area contributed by atoms with Crippen LogP contribution in [0, 0.1) is 0 Å². The van der Waals surface area contributed by atoms with Crippen LogP contribution in [0.3, 0.4) is 0 Å². The molecule has 0 aromatic carbocycles. The second-order valence-electron chi connectivity index (χ2n) is 3.10. The van der Waals surface area contributed by atoms with E-state index in [1.54, 1.807) is 7.11 Å². The zero-order chi connectivity index (χ0) is 10.3. The second kappa shape index (κ2) is 6.86. The number of esters is 1. The SMILES string of the molecule is COCCN(C)C(C)CC(=O)OC. The first-order chi connectivity index (χ1) is 6.11. The van der Waals surface area contributed by atoms with Crippen LogP contribution in [-0.4, -0.2) is 51.3 Å². The van der Waals surface area contributed by atoms with Crippen molar-refractivity contribution in [2.75, 3.05) is 34.4 Å². The van der Waals surface area contributed by atoms with E-state index >= 15 is 0 Å². The highest BCUT2D eigenvalue weighted by Gasteiger charge is 2.13. The van der Waals surface area contributed by atoms with Crippen LogP contribution < -0.4 is 0 Å². The van der Waals surface area contributed by atoms with Gasteiger partial charge in [0.05, 0.1) is 20.1 Å². The molecule has 0 saturated carbocycles. The van der Waals surface area contributed by atoms with Gasteiger partial charge in [-0.05, 0) is 14.0 Å². The highest BCUT2D eigenvalue weighted by atomic mass is 16.5. The number of carbonyl (C=O) groups excluding carboxylic acids is 1. The summed E-state index contributed by atoms with van der Waals surface area (Å²) < 4.78 is 9.51. The zero-order valence-corrected chi connectivity index (χ0v) is 8.87. The smallest absolute Gasteiger partial charge is 0.307 e. The quantitative estimate of drug-likeness (QED) is 0.571. The fraction of sp³-hybridized carbons (Fsp3) is 0.889. The summed E-state index contributed by atoms with van der Waals surface area (Å²) in [6, 6.07) is 0.197. The van der Waals surface area contributed by atoms with Gasteiger partial charge in [0.1, 0.15) is 0 Å². The van der Waals surface area contributed by atoms with Gasteiger partial charge in [-0.25, -0.2) is 0 Å². The van der Waals surface area contributed by atoms with Crippen LogP contribution in [-0.2, 0) is 14.3 Å². The number of hydrogen-bond acceptors (Lipinski definition) is 4. The Balaban J connectivity index is 3.68. The molecule has 0 fully saturated rings. The van der Waals surface area contributed by atoms with E-state index in [-0.39, 0.29) is 12.0 Å². The van der Waals surface area contributed by atoms with Gasteiger partial charge >= 0.3 is 5.97 Å². The standard InChI is InChI=1S/C9H19NO3/c1-8(7-9(11)13-4)10(2)5-6-12-3/h8H,5-7H2,1-4H3. The van der Waals surface area contributed by atoms with Crippen LogP contribution in [0.2, 0.25) is 0 Å². The summed E-state index contributed by atoms with van der Waals surface area (Å²) in [7, 11) is 5.04. The summed E-state index contributed by atoms with van der Waals surface area (Å²) in [6.45, 7) is 3.50. The Kier molecular flexibility index (Phi) is 6.54. The molecule has 0 heterocycles. The molecule has 0 rings (SSSR count). The van der Waals surface area contributed by atoms with Crippen LogP contribution in [0.1, 0.15) is 13.3 Å². The van der Waals surface area contributed by atoms with E-state index in [0.717, 1.165) is 6.54 Å². The maximum Gasteiger partial charge on any atom is 0.307 e. The first-order valence-electron chi connectivity index (χ1n) is 4.37. The molecule has 0 aliphatic rings. The topological polar surface area (TPSA) is 38.8 Å². The number of likely N-dealkylation sites (N-methyl/N-ethyl adjacent to an activating group) is 1. The summed E-state index contributed by atoms with van der Waals surface area (Å²) in [5.41, 5.74) is 0. The summed E-state index contributed by atoms with van der Waals surface area (Å²) in [5.74, 6) is -0.170. The molecule has 0 aromatic rings. The highest BCUT2D eigenvalue weighted by molar-refractivity contribution is 5.69. The van der Waals surface area contributed by atoms with Crippen molar-refractivity contribution in [1.29, 1.82) is 0 Å². The lowest BCUT2D eigenvalue weighted by Gasteiger charge is -2.23. The molecular weight excluding hydrogens is 170 g/mol. The van der Waals surface area contributed by atoms with Crippen molar-refractivity contribution < 1.29 is 14.3 Å². The third kappa shape index (κ3) is 5.60. The molecule has 4 nitrogen and oxygen atoms in total. The molecule has 0 aliphatic heterocycles. The number of methoxy groups -OCH3 is 2. The Morgan fingerprint density at radius 1 is 1.46 bits per heavy atom. The van der Waals surface area contributed by atoms with Crippen molar-refractivity contribution in [3.8, 4) is 0 Å². The summed E-state index contributed by atoms with van der Waals surface area (Å²) in [4.78, 5) is 13.0. The Morgan fingerprint density at radius 2 is 2.08 bits per heavy atom. The van der Waals surface area contributed by atoms with Gasteiger partial charge in [0.2, 0.25) is 0 Å². The van der Waals surface area contributed by atoms with Gasteiger partial charge in [0.15, 0.2) is 0 Å². The molecule has 0 saturated heterocycles. The van der Waals surface area contributed by atoms with Crippen LogP contribution in [0.5, 0.6) is 0 Å². The Morgan fingerprint density at radius 3 is 2.54 bits per heavy atom. The molecule has 13 heavy (non-hydrogen) atoms. The van der Waals surface area contributed by atoms with Gasteiger partial charge < -0.3 is 14.4 Å². The Hall–Kier alpha value is -0.610. The molecular formula is C9H19NO3. The van der Waals surface area contributed by atoms with Crippen molar-refractivity contribution >= 4 is 5.97 Å². The van der Waals surface area contributed by atoms with E-state index in [1.807, 2.05) is 14.0 Å². The Bertz CT molecular complexity index is 150. The molecule has 0 radical (unpaired) electrons. The van der Waals surface area contributed by atoms with E-state index in [2.05, 4.69) is 9.64 Å². The Labute approximate surface area is 79.8 Å². The van der Waals surface area contributed by atoms with Crippen LogP contribution in [0.25, 0.3) is 0 Å². The average molecular weight is 189 g/mol. The van der Waals surface area contributed by atoms with Gasteiger partial charge in [-0.2, -0.15) is 0 Å². The van der Waals surface area contributed by atoms with Gasteiger partial charge in [-0.1, -0.05) is 0 Å². The average Bonchev–Trinajstić information content (AvgIpc) is 2.13. The van der Waals surface area contributed by atoms with Crippen molar-refractivity contribution in [2.45, 2.75) is 19.4 Å². The number of rotatable bonds is 6. The minimum atomic E-state index is -0.170. The minimum Gasteiger partial charge on any atom is -0.469 e. The van der Waals surface area contributed by atoms with Crippen LogP contribution in [0.15, 0.2) is 0 Å². The molecule has 4 heteroatoms. The van der Waals surface area contributed by atoms with Crippen molar-refractivity contribution in [2.24, 2.45) is 0 Å². The third-order valence-corrected chi connectivity index (χ3v) is 2.09. The van der Waals surface area contributed by atoms with Gasteiger partial charge in [-0.3, -0.25) is 4.79 Å². The summed E-state index contributed by atoms with van der Waals surface area (Å²) in [5, 5.41) is 0. The van der Waals surface area contributed by atoms with Gasteiger partial charge in [-0.15, -0.1) is 0 Å². The van der Waals surface area contributed by atoms with E-state index in [1.165, 1.54) is 7.11 Å². The lowest BCUT2D eigenvalue weighted by atomic mass is 10.2. The summed E-state index contributed by atoms with van der Waals surface area (Å²) >= 11 is 0. The minimum absolute atomic E-state index is 0.170.